The molecule has 3 aromatic rings. The molecule has 1 aliphatic carbocycles. The van der Waals surface area contributed by atoms with Gasteiger partial charge in [-0.3, -0.25) is 4.72 Å². The zero-order valence-corrected chi connectivity index (χ0v) is 27.1. The zero-order valence-electron chi connectivity index (χ0n) is 26.3. The fourth-order valence-corrected chi connectivity index (χ4v) is 5.74. The Balaban J connectivity index is 0.00000155. The number of nitrogens with one attached hydrogen (secondary N) is 2. The summed E-state index contributed by atoms with van der Waals surface area (Å²) in [6.07, 6.45) is 5.06. The van der Waals surface area contributed by atoms with E-state index >= 15 is 0 Å². The molecule has 0 saturated heterocycles. The van der Waals surface area contributed by atoms with Crippen molar-refractivity contribution in [1.82, 2.24) is 9.44 Å². The summed E-state index contributed by atoms with van der Waals surface area (Å²) in [6, 6.07) is 18.7. The van der Waals surface area contributed by atoms with E-state index in [-0.39, 0.29) is 12.1 Å². The van der Waals surface area contributed by atoms with Gasteiger partial charge in [0.15, 0.2) is 0 Å². The highest BCUT2D eigenvalue weighted by Gasteiger charge is 2.27. The van der Waals surface area contributed by atoms with E-state index in [1.54, 1.807) is 13.8 Å². The molecule has 7 heteroatoms. The van der Waals surface area contributed by atoms with Crippen molar-refractivity contribution in [3.05, 3.63) is 82.4 Å². The lowest BCUT2D eigenvalue weighted by Crippen LogP contribution is -2.21. The zero-order chi connectivity index (χ0) is 30.7. The topological polar surface area (TPSA) is 79.8 Å². The molecule has 228 valence electrons. The third-order valence-corrected chi connectivity index (χ3v) is 7.78. The van der Waals surface area contributed by atoms with E-state index in [2.05, 4.69) is 67.5 Å². The fraction of sp³-hybridized carbons (Fsp3) is 0.457. The fourth-order valence-electron chi connectivity index (χ4n) is 5.25. The Morgan fingerprint density at radius 2 is 1.74 bits per heavy atom. The third kappa shape index (κ3) is 9.33. The number of hydrogen-bond donors (Lipinski definition) is 3. The van der Waals surface area contributed by atoms with Gasteiger partial charge in [0.1, 0.15) is 23.9 Å². The molecule has 0 fully saturated rings. The van der Waals surface area contributed by atoms with Crippen molar-refractivity contribution in [1.29, 1.82) is 0 Å². The van der Waals surface area contributed by atoms with E-state index in [9.17, 15) is 9.90 Å². The minimum atomic E-state index is -0.739. The van der Waals surface area contributed by atoms with Gasteiger partial charge in [-0.1, -0.05) is 50.6 Å². The molecule has 4 rings (SSSR count). The van der Waals surface area contributed by atoms with Crippen LogP contribution >= 0.6 is 12.1 Å². The Bertz CT molecular complexity index is 1260. The molecular weight excluding hydrogens is 544 g/mol. The standard InChI is InChI=1S/C32H40N2O4S.C3H8/c1-21-19-25(37-18-16-32(3,4)36)20-22(2)31(21)28-8-6-7-27-26(28)13-14-30(27)38-24-11-9-23(10-12-24)29(15-17-35)34-39-33-5;1-3-2/h6-12,17,19-20,29-30,33-34,36H,13-16,18H2,1-5H3;3H2,1-2H3. The van der Waals surface area contributed by atoms with Crippen molar-refractivity contribution < 1.29 is 19.4 Å². The van der Waals surface area contributed by atoms with E-state index in [1.807, 2.05) is 31.3 Å². The number of benzene rings is 3. The van der Waals surface area contributed by atoms with Gasteiger partial charge >= 0.3 is 0 Å². The van der Waals surface area contributed by atoms with Gasteiger partial charge in [-0.25, -0.2) is 4.72 Å². The molecule has 0 amide bonds. The molecular formula is C35H48N2O4S. The summed E-state index contributed by atoms with van der Waals surface area (Å²) in [5.41, 5.74) is 7.76. The summed E-state index contributed by atoms with van der Waals surface area (Å²) in [6.45, 7) is 12.6. The van der Waals surface area contributed by atoms with Crippen molar-refractivity contribution >= 4 is 18.4 Å². The van der Waals surface area contributed by atoms with Crippen LogP contribution in [0.25, 0.3) is 11.1 Å². The molecule has 6 nitrogen and oxygen atoms in total. The van der Waals surface area contributed by atoms with Crippen LogP contribution in [0, 0.1) is 13.8 Å². The third-order valence-electron chi connectivity index (χ3n) is 7.17. The maximum absolute atomic E-state index is 11.1. The van der Waals surface area contributed by atoms with Crippen molar-refractivity contribution in [3.63, 3.8) is 0 Å². The predicted octanol–water partition coefficient (Wildman–Crippen LogP) is 8.00. The monoisotopic (exact) mass is 592 g/mol. The highest BCUT2D eigenvalue weighted by Crippen LogP contribution is 2.42. The van der Waals surface area contributed by atoms with Crippen LogP contribution in [0.15, 0.2) is 54.6 Å². The lowest BCUT2D eigenvalue weighted by molar-refractivity contribution is -0.108. The Kier molecular flexibility index (Phi) is 12.9. The molecule has 0 aromatic heterocycles. The van der Waals surface area contributed by atoms with E-state index in [1.165, 1.54) is 51.9 Å². The molecule has 0 radical (unpaired) electrons. The molecule has 42 heavy (non-hydrogen) atoms. The van der Waals surface area contributed by atoms with Crippen LogP contribution in [-0.4, -0.2) is 30.6 Å². The molecule has 0 spiro atoms. The van der Waals surface area contributed by atoms with Gasteiger partial charge in [-0.15, -0.1) is 0 Å². The summed E-state index contributed by atoms with van der Waals surface area (Å²) in [7, 11) is 1.84. The number of aldehydes is 1. The number of hydrogen-bond acceptors (Lipinski definition) is 7. The Labute approximate surface area is 256 Å². The Morgan fingerprint density at radius 1 is 1.07 bits per heavy atom. The van der Waals surface area contributed by atoms with Crippen LogP contribution in [0.3, 0.4) is 0 Å². The largest absolute Gasteiger partial charge is 0.493 e. The molecule has 3 N–H and O–H groups in total. The minimum Gasteiger partial charge on any atom is -0.493 e. The second-order valence-electron chi connectivity index (χ2n) is 11.5. The second kappa shape index (κ2) is 16.1. The van der Waals surface area contributed by atoms with E-state index in [4.69, 9.17) is 9.47 Å². The van der Waals surface area contributed by atoms with Gasteiger partial charge in [0.05, 0.1) is 12.2 Å². The number of aliphatic hydroxyl groups is 1. The number of carbonyl (C=O) groups is 1. The van der Waals surface area contributed by atoms with Crippen molar-refractivity contribution in [2.45, 2.75) is 91.4 Å². The number of ether oxygens (including phenoxy) is 2. The van der Waals surface area contributed by atoms with Gasteiger partial charge in [-0.2, -0.15) is 0 Å². The average Bonchev–Trinajstić information content (AvgIpc) is 3.34. The van der Waals surface area contributed by atoms with Gasteiger partial charge in [0.2, 0.25) is 0 Å². The maximum Gasteiger partial charge on any atom is 0.124 e. The van der Waals surface area contributed by atoms with Crippen LogP contribution in [0.1, 0.15) is 93.3 Å². The van der Waals surface area contributed by atoms with Crippen molar-refractivity contribution in [3.8, 4) is 22.6 Å². The van der Waals surface area contributed by atoms with Gasteiger partial charge in [0.25, 0.3) is 0 Å². The SMILES string of the molecule is CCC.CNSNC(CC=O)c1ccc(OC2CCc3c(-c4c(C)cc(OCCC(C)(C)O)cc4C)cccc32)cc1. The summed E-state index contributed by atoms with van der Waals surface area (Å²) in [5, 5.41) is 9.98. The first kappa shape index (κ1) is 33.7. The number of aryl methyl sites for hydroxylation is 2. The predicted molar refractivity (Wildman–Crippen MR) is 175 cm³/mol. The summed E-state index contributed by atoms with van der Waals surface area (Å²) >= 11 is 1.37. The number of carbonyl (C=O) groups excluding carboxylic acids is 1. The first-order valence-corrected chi connectivity index (χ1v) is 15.8. The van der Waals surface area contributed by atoms with Crippen molar-refractivity contribution in [2.24, 2.45) is 0 Å². The Hall–Kier alpha value is -2.84. The number of fused-ring (bicyclic) bond motifs is 1. The minimum absolute atomic E-state index is 0.000371. The van der Waals surface area contributed by atoms with E-state index < -0.39 is 5.60 Å². The molecule has 0 saturated carbocycles. The van der Waals surface area contributed by atoms with E-state index in [0.717, 1.165) is 36.2 Å². The smallest absolute Gasteiger partial charge is 0.124 e. The first-order chi connectivity index (χ1) is 20.1. The molecule has 3 aromatic carbocycles. The van der Waals surface area contributed by atoms with E-state index in [0.29, 0.717) is 19.4 Å². The summed E-state index contributed by atoms with van der Waals surface area (Å²) in [4.78, 5) is 11.1. The van der Waals surface area contributed by atoms with Gasteiger partial charge < -0.3 is 19.4 Å². The van der Waals surface area contributed by atoms with Crippen molar-refractivity contribution in [2.75, 3.05) is 13.7 Å². The average molecular weight is 593 g/mol. The quantitative estimate of drug-likeness (QED) is 0.137. The second-order valence-corrected chi connectivity index (χ2v) is 12.4. The normalized spacial score (nSPS) is 14.9. The van der Waals surface area contributed by atoms with Crippen LogP contribution < -0.4 is 18.9 Å². The summed E-state index contributed by atoms with van der Waals surface area (Å²) in [5.74, 6) is 1.67. The maximum atomic E-state index is 11.1. The molecule has 1 aliphatic rings. The summed E-state index contributed by atoms with van der Waals surface area (Å²) < 4.78 is 18.7. The molecule has 0 bridgehead atoms. The van der Waals surface area contributed by atoms with Crippen LogP contribution in [-0.2, 0) is 11.2 Å². The van der Waals surface area contributed by atoms with Crippen LogP contribution in [0.2, 0.25) is 0 Å². The number of rotatable bonds is 13. The molecule has 0 aliphatic heterocycles. The van der Waals surface area contributed by atoms with Gasteiger partial charge in [-0.05, 0) is 111 Å². The Morgan fingerprint density at radius 3 is 2.33 bits per heavy atom. The lowest BCUT2D eigenvalue weighted by Gasteiger charge is -2.20. The first-order valence-electron chi connectivity index (χ1n) is 15.0. The molecule has 2 atom stereocenters. The highest BCUT2D eigenvalue weighted by atomic mass is 32.2. The molecule has 0 heterocycles. The van der Waals surface area contributed by atoms with Crippen LogP contribution in [0.5, 0.6) is 11.5 Å². The van der Waals surface area contributed by atoms with Gasteiger partial charge in [0, 0.05) is 31.0 Å². The molecule has 2 unspecified atom stereocenters. The lowest BCUT2D eigenvalue weighted by atomic mass is 9.90. The highest BCUT2D eigenvalue weighted by molar-refractivity contribution is 7.95. The van der Waals surface area contributed by atoms with Crippen LogP contribution in [0.4, 0.5) is 0 Å².